The number of fused-ring (bicyclic) bond motifs is 21. The molecule has 6 heterocycles. The molecule has 22 saturated carbocycles. The Bertz CT molecular complexity index is 4350. The summed E-state index contributed by atoms with van der Waals surface area (Å²) in [5.41, 5.74) is 1.01. The van der Waals surface area contributed by atoms with Gasteiger partial charge in [0.25, 0.3) is 0 Å². The van der Waals surface area contributed by atoms with E-state index >= 15 is 0 Å². The van der Waals surface area contributed by atoms with Crippen molar-refractivity contribution in [1.29, 1.82) is 0 Å². The van der Waals surface area contributed by atoms with Crippen LogP contribution in [-0.4, -0.2) is 137 Å². The van der Waals surface area contributed by atoms with E-state index < -0.39 is 64.0 Å². The van der Waals surface area contributed by atoms with E-state index in [0.717, 1.165) is 245 Å². The van der Waals surface area contributed by atoms with Crippen molar-refractivity contribution in [3.63, 3.8) is 0 Å². The molecule has 28 aliphatic rings. The minimum atomic E-state index is -0.971. The van der Waals surface area contributed by atoms with Crippen LogP contribution in [0.4, 0.5) is 0 Å². The fourth-order valence-corrected chi connectivity index (χ4v) is 53.3. The van der Waals surface area contributed by atoms with Crippen molar-refractivity contribution < 1.29 is 27.9 Å². The molecule has 0 amide bonds. The van der Waals surface area contributed by atoms with Crippen LogP contribution >= 0.6 is 35.3 Å². The molecule has 28 fully saturated rings. The Hall–Kier alpha value is 0.810. The number of ether oxygens (including phenoxy) is 3. The molecule has 838 valence electrons. The second-order valence-corrected chi connectivity index (χ2v) is 65.5. The summed E-state index contributed by atoms with van der Waals surface area (Å²) >= 11 is 7.60. The molecule has 0 radical (unpaired) electrons. The van der Waals surface area contributed by atoms with Gasteiger partial charge in [-0.3, -0.25) is 14.7 Å². The van der Waals surface area contributed by atoms with Crippen LogP contribution in [0, 0.1) is 177 Å². The van der Waals surface area contributed by atoms with Crippen LogP contribution < -0.4 is 0 Å². The van der Waals surface area contributed by atoms with E-state index in [1.165, 1.54) is 270 Å². The molecule has 0 aromatic carbocycles. The van der Waals surface area contributed by atoms with Crippen LogP contribution in [0.1, 0.15) is 582 Å². The third-order valence-electron chi connectivity index (χ3n) is 53.1. The van der Waals surface area contributed by atoms with Gasteiger partial charge in [-0.1, -0.05) is 234 Å². The lowest BCUT2D eigenvalue weighted by Gasteiger charge is -2.53. The predicted molar refractivity (Wildman–Crippen MR) is 626 cm³/mol. The normalized spacial score (nSPS) is 56.6. The second kappa shape index (κ2) is 48.3. The lowest BCUT2D eigenvalue weighted by molar-refractivity contribution is -0.0208. The van der Waals surface area contributed by atoms with Crippen LogP contribution in [-0.2, 0) is 14.2 Å². The highest BCUT2D eigenvalue weighted by atomic mass is 32.2. The zero-order valence-corrected chi connectivity index (χ0v) is 98.2. The van der Waals surface area contributed by atoms with Gasteiger partial charge in [-0.2, -0.15) is 35.3 Å². The van der Waals surface area contributed by atoms with Gasteiger partial charge >= 0.3 is 0 Å². The highest BCUT2D eigenvalue weighted by Gasteiger charge is 2.66. The third kappa shape index (κ3) is 22.5. The van der Waals surface area contributed by atoms with E-state index in [-0.39, 0.29) is 23.7 Å². The quantitative estimate of drug-likeness (QED) is 0.150. The van der Waals surface area contributed by atoms with Gasteiger partial charge in [-0.05, 0) is 493 Å². The number of thioether (sulfide) groups is 3. The monoisotopic (exact) mass is 2100 g/mol. The van der Waals surface area contributed by atoms with Gasteiger partial charge in [0, 0.05) is 117 Å². The highest BCUT2D eigenvalue weighted by Crippen LogP contribution is 2.69. The van der Waals surface area contributed by atoms with Gasteiger partial charge in [0.05, 0.1) is 36.6 Å². The van der Waals surface area contributed by atoms with Crippen molar-refractivity contribution >= 4 is 35.3 Å². The largest absolute Gasteiger partial charge is 0.374 e. The zero-order valence-electron chi connectivity index (χ0n) is 106. The molecule has 28 rings (SSSR count). The fourth-order valence-electron chi connectivity index (χ4n) is 45.9. The molecule has 37 unspecified atom stereocenters. The van der Waals surface area contributed by atoms with Crippen LogP contribution in [0.2, 0.25) is 0 Å². The summed E-state index contributed by atoms with van der Waals surface area (Å²) in [6.45, 7) is 15.0. The van der Waals surface area contributed by atoms with E-state index in [1.807, 2.05) is 0 Å². The van der Waals surface area contributed by atoms with Gasteiger partial charge < -0.3 is 14.2 Å². The maximum absolute atomic E-state index is 8.92. The van der Waals surface area contributed by atoms with Gasteiger partial charge in [0.15, 0.2) is 0 Å². The Morgan fingerprint density at radius 2 is 0.399 bits per heavy atom. The highest BCUT2D eigenvalue weighted by molar-refractivity contribution is 8.01. The van der Waals surface area contributed by atoms with Gasteiger partial charge in [-0.15, -0.1) is 0 Å². The van der Waals surface area contributed by atoms with E-state index in [2.05, 4.69) is 91.5 Å². The van der Waals surface area contributed by atoms with Crippen LogP contribution in [0.15, 0.2) is 0 Å². The molecule has 6 nitrogen and oxygen atoms in total. The van der Waals surface area contributed by atoms with Crippen molar-refractivity contribution in [2.24, 2.45) is 177 Å². The molecular weight excluding hydrogens is 1860 g/mol. The number of rotatable bonds is 16. The predicted octanol–water partition coefficient (Wildman–Crippen LogP) is 37.6. The van der Waals surface area contributed by atoms with Crippen molar-refractivity contribution in [3.05, 3.63) is 0 Å². The molecule has 6 aliphatic heterocycles. The van der Waals surface area contributed by atoms with E-state index in [0.29, 0.717) is 82.0 Å². The second-order valence-electron chi connectivity index (χ2n) is 61.5. The average Bonchev–Trinajstić information content (AvgIpc) is 1.58. The van der Waals surface area contributed by atoms with E-state index in [4.69, 9.17) is 27.9 Å². The topological polar surface area (TPSA) is 37.4 Å². The Balaban J connectivity index is 0.000000118. The maximum Gasteiger partial charge on any atom is 0.0621 e. The van der Waals surface area contributed by atoms with Gasteiger partial charge in [-0.25, -0.2) is 0 Å². The van der Waals surface area contributed by atoms with E-state index in [1.54, 1.807) is 141 Å². The molecule has 0 bridgehead atoms. The smallest absolute Gasteiger partial charge is 0.0621 e. The molecule has 0 aromatic heterocycles. The lowest BCUT2D eigenvalue weighted by Crippen LogP contribution is -2.57. The Morgan fingerprint density at radius 1 is 0.176 bits per heavy atom. The molecule has 22 aliphatic carbocycles. The summed E-state index contributed by atoms with van der Waals surface area (Å²) < 4.78 is 107. The van der Waals surface area contributed by atoms with Crippen molar-refractivity contribution in [1.82, 2.24) is 14.7 Å². The van der Waals surface area contributed by atoms with Crippen LogP contribution in [0.25, 0.3) is 0 Å². The Morgan fingerprint density at radius 3 is 0.709 bits per heavy atom. The SMILES string of the molecule is C1CCC(C2CCC(N(C3CCC(C4CCCCC4C4CCCCC4)CC3)C3CCCC4C5CCC6OC7CCCCC7C6C5SC43)CC2)CC1.CC(C)(C)C1CCC(C2CCC(N(C3CCC(C4CCC(C(C)(C)C)CC4)CC3)C3CCCC4C5CCC6OC7CCCC7C6C5SC43)CC2)CC1.[2H]C1C([2H])C([2H])C(C2CCC(N(C3CCC(C4C([2H])C([2H])C([2H])C([2H])C4[2H])CC3)C3CCCC4C5CCC6OC7CCCCC7C6C5SC43)CC2)C([2H])C1[2H]. The summed E-state index contributed by atoms with van der Waals surface area (Å²) in [6, 6.07) is 6.66. The number of hydrogen-bond donors (Lipinski definition) is 0. The zero-order chi connectivity index (χ0) is 108. The van der Waals surface area contributed by atoms with Crippen molar-refractivity contribution in [2.75, 3.05) is 0 Å². The number of hydrogen-bond acceptors (Lipinski definition) is 9. The summed E-state index contributed by atoms with van der Waals surface area (Å²) in [4.78, 5) is 9.86. The molecular formula is C139H231N3O3S3. The van der Waals surface area contributed by atoms with E-state index in [9.17, 15) is 0 Å². The summed E-state index contributed by atoms with van der Waals surface area (Å²) in [5, 5.41) is 5.04. The maximum atomic E-state index is 8.92. The first-order valence-corrected chi connectivity index (χ1v) is 71.1. The first-order chi connectivity index (χ1) is 76.8. The van der Waals surface area contributed by atoms with Gasteiger partial charge in [0.1, 0.15) is 0 Å². The summed E-state index contributed by atoms with van der Waals surface area (Å²) in [7, 11) is 0. The summed E-state index contributed by atoms with van der Waals surface area (Å²) in [5.74, 6) is 22.9. The minimum Gasteiger partial charge on any atom is -0.374 e. The Labute approximate surface area is 938 Å². The standard InChI is InChI=1S/C49H83NOS.C48H79NOS.C42H69NOS/c1-48(2,3)35-21-13-31(14-22-35)33-17-25-37(26-18-33)50(38-27-19-34(20-28-38)32-15-23-36(24-16-32)49(4,5)6)42-11-7-9-39-40-29-30-44-45(47(40)52-46(39)42)41-10-8-12-43(41)51-44;1-3-12-32(13-4-1)33-22-26-36(27-23-33)49(37-28-24-35(25-29-37)39-17-8-7-16-38(39)34-14-5-2-6-15-34)43-20-11-19-40-41-30-31-45-46(48(41)51-47(40)43)42-18-9-10-21-44(42)50-45;1-3-10-28(11-4-1)30-18-22-32(23-19-30)43(33-24-20-31(21-25-33)29-12-5-2-6-13-29)37-16-9-15-34-35-26-27-39-40(42(35)45-41(34)37)36-14-7-8-17-38(36)44-39/h31-47H,7-30H2,1-6H3;32-48H,1-31H2;28-42H,1-27H2/i;;1D,2D,3D,4D,5D,6D,10D,11D,12D,13D. The van der Waals surface area contributed by atoms with Crippen LogP contribution in [0.3, 0.4) is 0 Å². The summed E-state index contributed by atoms with van der Waals surface area (Å²) in [6.07, 6.45) is 97.9. The van der Waals surface area contributed by atoms with Crippen LogP contribution in [0.5, 0.6) is 0 Å². The third-order valence-corrected chi connectivity index (χ3v) is 58.9. The molecule has 148 heavy (non-hydrogen) atoms. The van der Waals surface area contributed by atoms with Crippen molar-refractivity contribution in [2.45, 2.75) is 690 Å². The molecule has 0 aromatic rings. The number of nitrogens with zero attached hydrogens (tertiary/aromatic N) is 3. The molecule has 0 N–H and O–H groups in total. The van der Waals surface area contributed by atoms with Crippen molar-refractivity contribution in [3.8, 4) is 0 Å². The molecule has 37 atom stereocenters. The fraction of sp³-hybridized carbons (Fsp3) is 1.00. The average molecular weight is 2100 g/mol. The molecule has 0 spiro atoms. The first-order valence-electron chi connectivity index (χ1n) is 74.0. The molecule has 9 heteroatoms. The Kier molecular flexibility index (Phi) is 31.4. The first kappa shape index (κ1) is 96.2. The minimum absolute atomic E-state index is 0.170. The lowest BCUT2D eigenvalue weighted by atomic mass is 9.61. The van der Waals surface area contributed by atoms with Gasteiger partial charge in [0.2, 0.25) is 0 Å². The molecule has 6 saturated heterocycles.